The van der Waals surface area contributed by atoms with Crippen molar-refractivity contribution in [1.82, 2.24) is 0 Å². The lowest BCUT2D eigenvalue weighted by Crippen LogP contribution is -1.96. The molecule has 0 heterocycles. The van der Waals surface area contributed by atoms with Crippen molar-refractivity contribution in [2.75, 3.05) is 12.9 Å². The summed E-state index contributed by atoms with van der Waals surface area (Å²) in [5.74, 6) is 0.725. The van der Waals surface area contributed by atoms with E-state index in [0.717, 1.165) is 24.0 Å². The van der Waals surface area contributed by atoms with Crippen molar-refractivity contribution >= 4 is 11.8 Å². The van der Waals surface area contributed by atoms with Gasteiger partial charge in [0.2, 0.25) is 0 Å². The maximum atomic E-state index is 8.87. The van der Waals surface area contributed by atoms with Gasteiger partial charge in [0.25, 0.3) is 0 Å². The molecule has 0 rings (SSSR count). The molecule has 0 fully saturated rings. The van der Waals surface area contributed by atoms with E-state index in [2.05, 4.69) is 33.1 Å². The molecule has 96 valence electrons. The van der Waals surface area contributed by atoms with Crippen molar-refractivity contribution in [3.63, 3.8) is 0 Å². The Kier molecular flexibility index (Phi) is 10.3. The van der Waals surface area contributed by atoms with Gasteiger partial charge in [-0.1, -0.05) is 32.4 Å². The number of aliphatic hydroxyl groups excluding tert-OH is 1. The third-order valence-corrected chi connectivity index (χ3v) is 3.78. The SMILES string of the molecule is CSC(C)CCC=C(CCCO)CC(C)C. The molecule has 1 unspecified atom stereocenters. The maximum absolute atomic E-state index is 8.87. The minimum Gasteiger partial charge on any atom is -0.396 e. The highest BCUT2D eigenvalue weighted by Gasteiger charge is 2.02. The highest BCUT2D eigenvalue weighted by molar-refractivity contribution is 7.99. The number of hydrogen-bond donors (Lipinski definition) is 1. The molecule has 0 saturated heterocycles. The van der Waals surface area contributed by atoms with Crippen molar-refractivity contribution in [2.45, 2.75) is 58.1 Å². The van der Waals surface area contributed by atoms with E-state index in [1.807, 2.05) is 11.8 Å². The standard InChI is InChI=1S/C14H28OS/c1-12(2)11-14(9-6-10-15)8-5-7-13(3)16-4/h8,12-13,15H,5-7,9-11H2,1-4H3. The Morgan fingerprint density at radius 2 is 2.00 bits per heavy atom. The molecule has 1 atom stereocenters. The van der Waals surface area contributed by atoms with Crippen LogP contribution >= 0.6 is 11.8 Å². The van der Waals surface area contributed by atoms with Gasteiger partial charge >= 0.3 is 0 Å². The van der Waals surface area contributed by atoms with Crippen molar-refractivity contribution in [3.8, 4) is 0 Å². The van der Waals surface area contributed by atoms with Gasteiger partial charge < -0.3 is 5.11 Å². The first-order valence-corrected chi connectivity index (χ1v) is 7.70. The monoisotopic (exact) mass is 244 g/mol. The van der Waals surface area contributed by atoms with Crippen LogP contribution in [0.25, 0.3) is 0 Å². The molecule has 1 nitrogen and oxygen atoms in total. The second kappa shape index (κ2) is 10.2. The number of rotatable bonds is 9. The summed E-state index contributed by atoms with van der Waals surface area (Å²) in [6.07, 6.45) is 10.2. The lowest BCUT2D eigenvalue weighted by atomic mass is 9.97. The Balaban J connectivity index is 3.99. The van der Waals surface area contributed by atoms with Gasteiger partial charge in [-0.05, 0) is 44.3 Å². The van der Waals surface area contributed by atoms with E-state index in [1.165, 1.54) is 24.8 Å². The van der Waals surface area contributed by atoms with E-state index in [-0.39, 0.29) is 0 Å². The van der Waals surface area contributed by atoms with Crippen LogP contribution in [0.15, 0.2) is 11.6 Å². The third-order valence-electron chi connectivity index (χ3n) is 2.74. The lowest BCUT2D eigenvalue weighted by molar-refractivity contribution is 0.287. The molecule has 0 aromatic carbocycles. The molecule has 16 heavy (non-hydrogen) atoms. The molecule has 0 saturated carbocycles. The zero-order chi connectivity index (χ0) is 12.4. The van der Waals surface area contributed by atoms with Gasteiger partial charge in [0.15, 0.2) is 0 Å². The maximum Gasteiger partial charge on any atom is 0.0434 e. The Morgan fingerprint density at radius 1 is 1.31 bits per heavy atom. The Morgan fingerprint density at radius 3 is 2.50 bits per heavy atom. The molecule has 0 aliphatic carbocycles. The van der Waals surface area contributed by atoms with Gasteiger partial charge in [-0.3, -0.25) is 0 Å². The molecule has 0 aromatic rings. The largest absolute Gasteiger partial charge is 0.396 e. The molecule has 0 aromatic heterocycles. The Labute approximate surface area is 106 Å². The average Bonchev–Trinajstić information content (AvgIpc) is 2.24. The minimum atomic E-state index is 0.316. The van der Waals surface area contributed by atoms with Crippen LogP contribution in [0.3, 0.4) is 0 Å². The van der Waals surface area contributed by atoms with Crippen LogP contribution in [0.5, 0.6) is 0 Å². The molecule has 0 radical (unpaired) electrons. The smallest absolute Gasteiger partial charge is 0.0434 e. The molecule has 0 bridgehead atoms. The van der Waals surface area contributed by atoms with Crippen molar-refractivity contribution in [1.29, 1.82) is 0 Å². The fourth-order valence-electron chi connectivity index (χ4n) is 1.76. The number of thioether (sulfide) groups is 1. The van der Waals surface area contributed by atoms with E-state index in [9.17, 15) is 0 Å². The summed E-state index contributed by atoms with van der Waals surface area (Å²) in [4.78, 5) is 0. The Hall–Kier alpha value is 0.0500. The zero-order valence-corrected chi connectivity index (χ0v) is 12.1. The number of aliphatic hydroxyl groups is 1. The van der Waals surface area contributed by atoms with Gasteiger partial charge in [-0.2, -0.15) is 11.8 Å². The van der Waals surface area contributed by atoms with Gasteiger partial charge in [0.1, 0.15) is 0 Å². The van der Waals surface area contributed by atoms with Crippen LogP contribution in [0.1, 0.15) is 52.9 Å². The van der Waals surface area contributed by atoms with Crippen LogP contribution in [0.4, 0.5) is 0 Å². The summed E-state index contributed by atoms with van der Waals surface area (Å²) in [5.41, 5.74) is 1.54. The molecular formula is C14H28OS. The molecule has 1 N–H and O–H groups in total. The summed E-state index contributed by atoms with van der Waals surface area (Å²) < 4.78 is 0. The molecule has 0 spiro atoms. The van der Waals surface area contributed by atoms with Crippen molar-refractivity contribution in [3.05, 3.63) is 11.6 Å². The van der Waals surface area contributed by atoms with Crippen LogP contribution < -0.4 is 0 Å². The highest BCUT2D eigenvalue weighted by Crippen LogP contribution is 2.19. The number of hydrogen-bond acceptors (Lipinski definition) is 2. The second-order valence-corrected chi connectivity index (χ2v) is 6.19. The topological polar surface area (TPSA) is 20.2 Å². The summed E-state index contributed by atoms with van der Waals surface area (Å²) >= 11 is 1.94. The summed E-state index contributed by atoms with van der Waals surface area (Å²) in [7, 11) is 0. The second-order valence-electron chi connectivity index (χ2n) is 4.91. The van der Waals surface area contributed by atoms with Crippen LogP contribution in [0, 0.1) is 5.92 Å². The van der Waals surface area contributed by atoms with Crippen molar-refractivity contribution < 1.29 is 5.11 Å². The number of allylic oxidation sites excluding steroid dienone is 2. The van der Waals surface area contributed by atoms with E-state index in [4.69, 9.17) is 5.11 Å². The molecule has 0 amide bonds. The van der Waals surface area contributed by atoms with Crippen LogP contribution in [-0.4, -0.2) is 23.2 Å². The van der Waals surface area contributed by atoms with E-state index >= 15 is 0 Å². The Bertz CT molecular complexity index is 187. The van der Waals surface area contributed by atoms with E-state index < -0.39 is 0 Å². The summed E-state index contributed by atoms with van der Waals surface area (Å²) in [6, 6.07) is 0. The molecular weight excluding hydrogens is 216 g/mol. The van der Waals surface area contributed by atoms with Gasteiger partial charge in [0, 0.05) is 11.9 Å². The van der Waals surface area contributed by atoms with Crippen molar-refractivity contribution in [2.24, 2.45) is 5.92 Å². The molecule has 2 heteroatoms. The normalized spacial score (nSPS) is 14.5. The molecule has 0 aliphatic rings. The van der Waals surface area contributed by atoms with Gasteiger partial charge in [-0.25, -0.2) is 0 Å². The zero-order valence-electron chi connectivity index (χ0n) is 11.3. The minimum absolute atomic E-state index is 0.316. The molecule has 0 aliphatic heterocycles. The predicted molar refractivity (Wildman–Crippen MR) is 76.1 cm³/mol. The first-order chi connectivity index (χ1) is 7.60. The third kappa shape index (κ3) is 9.29. The fraction of sp³-hybridized carbons (Fsp3) is 0.857. The first kappa shape index (κ1) is 16.1. The average molecular weight is 244 g/mol. The van der Waals surface area contributed by atoms with Crippen LogP contribution in [-0.2, 0) is 0 Å². The predicted octanol–water partition coefficient (Wildman–Crippen LogP) is 4.26. The summed E-state index contributed by atoms with van der Waals surface area (Å²) in [6.45, 7) is 7.12. The van der Waals surface area contributed by atoms with Crippen LogP contribution in [0.2, 0.25) is 0 Å². The first-order valence-electron chi connectivity index (χ1n) is 6.41. The lowest BCUT2D eigenvalue weighted by Gasteiger charge is -2.11. The van der Waals surface area contributed by atoms with Gasteiger partial charge in [0.05, 0.1) is 0 Å². The highest BCUT2D eigenvalue weighted by atomic mass is 32.2. The quantitative estimate of drug-likeness (QED) is 0.611. The summed E-state index contributed by atoms with van der Waals surface area (Å²) in [5, 5.41) is 9.63. The van der Waals surface area contributed by atoms with Gasteiger partial charge in [-0.15, -0.1) is 0 Å². The van der Waals surface area contributed by atoms with E-state index in [1.54, 1.807) is 0 Å². The van der Waals surface area contributed by atoms with E-state index in [0.29, 0.717) is 6.61 Å². The fourth-order valence-corrected chi connectivity index (χ4v) is 2.13.